The van der Waals surface area contributed by atoms with E-state index in [1.807, 2.05) is 42.6 Å². The zero-order valence-electron chi connectivity index (χ0n) is 15.0. The third-order valence-corrected chi connectivity index (χ3v) is 4.54. The average Bonchev–Trinajstić information content (AvgIpc) is 3.05. The molecule has 0 amide bonds. The number of aromatic nitrogens is 1. The second-order valence-electron chi connectivity index (χ2n) is 5.82. The van der Waals surface area contributed by atoms with Crippen molar-refractivity contribution in [2.24, 2.45) is 5.10 Å². The van der Waals surface area contributed by atoms with E-state index in [2.05, 4.69) is 34.6 Å². The molecule has 1 N–H and O–H groups in total. The lowest BCUT2D eigenvalue weighted by Gasteiger charge is -2.13. The molecule has 1 aromatic heterocycles. The smallest absolute Gasteiger partial charge is 0.203 e. The quantitative estimate of drug-likeness (QED) is 0.482. The number of nitrogens with zero attached hydrogens (tertiary/aromatic N) is 2. The SMILES string of the molecule is COc1cccc(/C=N\Nc2nc(C)cs2)c1OCc1cccc(C)c1. The lowest BCUT2D eigenvalue weighted by molar-refractivity contribution is 0.284. The number of ether oxygens (including phenoxy) is 2. The molecule has 2 aromatic carbocycles. The van der Waals surface area contributed by atoms with Gasteiger partial charge in [-0.2, -0.15) is 5.10 Å². The fraction of sp³-hybridized carbons (Fsp3) is 0.200. The van der Waals surface area contributed by atoms with Gasteiger partial charge < -0.3 is 9.47 Å². The number of nitrogens with one attached hydrogen (secondary N) is 1. The van der Waals surface area contributed by atoms with Crippen molar-refractivity contribution in [1.82, 2.24) is 4.98 Å². The van der Waals surface area contributed by atoms with Crippen molar-refractivity contribution in [3.63, 3.8) is 0 Å². The monoisotopic (exact) mass is 367 g/mol. The Balaban J connectivity index is 1.76. The van der Waals surface area contributed by atoms with Gasteiger partial charge >= 0.3 is 0 Å². The zero-order chi connectivity index (χ0) is 18.4. The maximum Gasteiger partial charge on any atom is 0.203 e. The van der Waals surface area contributed by atoms with E-state index >= 15 is 0 Å². The third-order valence-electron chi connectivity index (χ3n) is 3.68. The number of methoxy groups -OCH3 is 1. The van der Waals surface area contributed by atoms with Crippen molar-refractivity contribution >= 4 is 22.7 Å². The fourth-order valence-corrected chi connectivity index (χ4v) is 3.11. The van der Waals surface area contributed by atoms with Crippen molar-refractivity contribution in [3.8, 4) is 11.5 Å². The molecule has 6 heteroatoms. The first-order valence-electron chi connectivity index (χ1n) is 8.22. The first-order chi connectivity index (χ1) is 12.7. The van der Waals surface area contributed by atoms with Gasteiger partial charge in [0.1, 0.15) is 6.61 Å². The molecule has 0 spiro atoms. The number of hydrogen-bond acceptors (Lipinski definition) is 6. The summed E-state index contributed by atoms with van der Waals surface area (Å²) in [5.74, 6) is 1.34. The van der Waals surface area contributed by atoms with Crippen LogP contribution in [-0.2, 0) is 6.61 Å². The minimum Gasteiger partial charge on any atom is -0.493 e. The van der Waals surface area contributed by atoms with Crippen molar-refractivity contribution in [3.05, 3.63) is 70.2 Å². The van der Waals surface area contributed by atoms with Crippen LogP contribution in [-0.4, -0.2) is 18.3 Å². The number of hydrazone groups is 1. The second kappa shape index (κ2) is 8.49. The van der Waals surface area contributed by atoms with Gasteiger partial charge in [0.25, 0.3) is 0 Å². The molecule has 5 nitrogen and oxygen atoms in total. The van der Waals surface area contributed by atoms with E-state index in [1.165, 1.54) is 16.9 Å². The van der Waals surface area contributed by atoms with Crippen LogP contribution in [0.4, 0.5) is 5.13 Å². The molecule has 0 radical (unpaired) electrons. The van der Waals surface area contributed by atoms with Gasteiger partial charge in [-0.25, -0.2) is 4.98 Å². The topological polar surface area (TPSA) is 55.7 Å². The lowest BCUT2D eigenvalue weighted by Crippen LogP contribution is -2.01. The Morgan fingerprint density at radius 3 is 2.77 bits per heavy atom. The number of para-hydroxylation sites is 1. The summed E-state index contributed by atoms with van der Waals surface area (Å²) in [6, 6.07) is 14.0. The molecule has 26 heavy (non-hydrogen) atoms. The van der Waals surface area contributed by atoms with E-state index in [-0.39, 0.29) is 0 Å². The first-order valence-corrected chi connectivity index (χ1v) is 9.10. The highest BCUT2D eigenvalue weighted by atomic mass is 32.1. The maximum atomic E-state index is 6.05. The Hall–Kier alpha value is -2.86. The van der Waals surface area contributed by atoms with E-state index in [4.69, 9.17) is 9.47 Å². The Kier molecular flexibility index (Phi) is 5.86. The Labute approximate surface area is 157 Å². The van der Waals surface area contributed by atoms with Gasteiger partial charge in [0.2, 0.25) is 5.13 Å². The fourth-order valence-electron chi connectivity index (χ4n) is 2.47. The van der Waals surface area contributed by atoms with Crippen LogP contribution in [0.15, 0.2) is 52.9 Å². The molecular weight excluding hydrogens is 346 g/mol. The summed E-state index contributed by atoms with van der Waals surface area (Å²) >= 11 is 1.51. The summed E-state index contributed by atoms with van der Waals surface area (Å²) in [4.78, 5) is 4.32. The Bertz CT molecular complexity index is 906. The number of aryl methyl sites for hydroxylation is 2. The minimum absolute atomic E-state index is 0.460. The highest BCUT2D eigenvalue weighted by Crippen LogP contribution is 2.31. The molecule has 0 bridgehead atoms. The van der Waals surface area contributed by atoms with Crippen molar-refractivity contribution in [1.29, 1.82) is 0 Å². The molecule has 1 heterocycles. The van der Waals surface area contributed by atoms with Gasteiger partial charge in [0.05, 0.1) is 19.0 Å². The predicted octanol–water partition coefficient (Wildman–Crippen LogP) is 4.79. The summed E-state index contributed by atoms with van der Waals surface area (Å²) in [7, 11) is 1.63. The molecule has 0 aliphatic heterocycles. The van der Waals surface area contributed by atoms with E-state index in [1.54, 1.807) is 13.3 Å². The van der Waals surface area contributed by atoms with Crippen molar-refractivity contribution < 1.29 is 9.47 Å². The van der Waals surface area contributed by atoms with E-state index in [0.29, 0.717) is 18.1 Å². The molecule has 3 aromatic rings. The maximum absolute atomic E-state index is 6.05. The second-order valence-corrected chi connectivity index (χ2v) is 6.68. The van der Waals surface area contributed by atoms with E-state index in [9.17, 15) is 0 Å². The Morgan fingerprint density at radius 2 is 2.04 bits per heavy atom. The molecule has 0 unspecified atom stereocenters. The van der Waals surface area contributed by atoms with Gasteiger partial charge in [-0.05, 0) is 31.5 Å². The molecule has 0 fully saturated rings. The van der Waals surface area contributed by atoms with Crippen LogP contribution in [0.2, 0.25) is 0 Å². The van der Waals surface area contributed by atoms with E-state index < -0.39 is 0 Å². The molecule has 0 saturated carbocycles. The van der Waals surface area contributed by atoms with E-state index in [0.717, 1.165) is 22.0 Å². The van der Waals surface area contributed by atoms with Gasteiger partial charge in [-0.3, -0.25) is 5.43 Å². The molecule has 0 atom stereocenters. The average molecular weight is 367 g/mol. The highest BCUT2D eigenvalue weighted by molar-refractivity contribution is 7.13. The molecular formula is C20H21N3O2S. The minimum atomic E-state index is 0.460. The van der Waals surface area contributed by atoms with Crippen LogP contribution in [0.25, 0.3) is 0 Å². The molecule has 0 aliphatic carbocycles. The van der Waals surface area contributed by atoms with Crippen LogP contribution < -0.4 is 14.9 Å². The summed E-state index contributed by atoms with van der Waals surface area (Å²) in [6.45, 7) is 4.48. The lowest BCUT2D eigenvalue weighted by atomic mass is 10.1. The zero-order valence-corrected chi connectivity index (χ0v) is 15.8. The summed E-state index contributed by atoms with van der Waals surface area (Å²) in [5, 5.41) is 6.99. The normalized spacial score (nSPS) is 10.9. The van der Waals surface area contributed by atoms with Crippen molar-refractivity contribution in [2.45, 2.75) is 20.5 Å². The molecule has 0 saturated heterocycles. The molecule has 3 rings (SSSR count). The van der Waals surface area contributed by atoms with Crippen LogP contribution in [0.1, 0.15) is 22.4 Å². The Morgan fingerprint density at radius 1 is 1.19 bits per heavy atom. The summed E-state index contributed by atoms with van der Waals surface area (Å²) in [5.41, 5.74) is 7.05. The van der Waals surface area contributed by atoms with Crippen LogP contribution in [0.3, 0.4) is 0 Å². The summed E-state index contributed by atoms with van der Waals surface area (Å²) < 4.78 is 11.5. The van der Waals surface area contributed by atoms with Gasteiger partial charge in [-0.1, -0.05) is 35.9 Å². The largest absolute Gasteiger partial charge is 0.493 e. The summed E-state index contributed by atoms with van der Waals surface area (Å²) in [6.07, 6.45) is 1.71. The van der Waals surface area contributed by atoms with Crippen LogP contribution in [0.5, 0.6) is 11.5 Å². The third kappa shape index (κ3) is 4.61. The predicted molar refractivity (Wildman–Crippen MR) is 107 cm³/mol. The van der Waals surface area contributed by atoms with Gasteiger partial charge in [0.15, 0.2) is 11.5 Å². The highest BCUT2D eigenvalue weighted by Gasteiger charge is 2.10. The number of rotatable bonds is 7. The van der Waals surface area contributed by atoms with Crippen LogP contribution in [0, 0.1) is 13.8 Å². The molecule has 0 aliphatic rings. The number of thiazole rings is 1. The van der Waals surface area contributed by atoms with Gasteiger partial charge in [-0.15, -0.1) is 11.3 Å². The van der Waals surface area contributed by atoms with Gasteiger partial charge in [0, 0.05) is 10.9 Å². The van der Waals surface area contributed by atoms with Crippen LogP contribution >= 0.6 is 11.3 Å². The number of benzene rings is 2. The molecule has 134 valence electrons. The van der Waals surface area contributed by atoms with Crippen molar-refractivity contribution in [2.75, 3.05) is 12.5 Å². The number of hydrogen-bond donors (Lipinski definition) is 1. The standard InChI is InChI=1S/C20H21N3O2S/c1-14-6-4-7-16(10-14)12-25-19-17(8-5-9-18(19)24-3)11-21-23-20-22-15(2)13-26-20/h4-11,13H,12H2,1-3H3,(H,22,23)/b21-11-. The first kappa shape index (κ1) is 17.9. The number of anilines is 1.